The molecule has 0 bridgehead atoms. The van der Waals surface area contributed by atoms with Crippen LogP contribution in [-0.2, 0) is 0 Å². The van der Waals surface area contributed by atoms with Gasteiger partial charge in [-0.05, 0) is 31.2 Å². The van der Waals surface area contributed by atoms with Gasteiger partial charge in [0.15, 0.2) is 0 Å². The van der Waals surface area contributed by atoms with Gasteiger partial charge in [-0.2, -0.15) is 5.26 Å². The number of benzene rings is 2. The first-order valence-corrected chi connectivity index (χ1v) is 5.20. The van der Waals surface area contributed by atoms with Crippen molar-refractivity contribution in [2.75, 3.05) is 0 Å². The van der Waals surface area contributed by atoms with Crippen molar-refractivity contribution < 1.29 is 0 Å². The number of rotatable bonds is 0. The number of hydrogen-bond acceptors (Lipinski definition) is 1. The number of fused-ring (bicyclic) bond motifs is 3. The maximum absolute atomic E-state index is 8.85. The van der Waals surface area contributed by atoms with E-state index < -0.39 is 0 Å². The Balaban J connectivity index is 2.47. The molecule has 76 valence electrons. The number of nitrogens with zero attached hydrogens (tertiary/aromatic N) is 1. The molecule has 2 nitrogen and oxygen atoms in total. The summed E-state index contributed by atoms with van der Waals surface area (Å²) in [6, 6.07) is 14.2. The van der Waals surface area contributed by atoms with Gasteiger partial charge in [-0.15, -0.1) is 0 Å². The summed E-state index contributed by atoms with van der Waals surface area (Å²) in [5.41, 5.74) is 4.09. The maximum atomic E-state index is 8.85. The normalized spacial score (nSPS) is 10.8. The largest absolute Gasteiger partial charge is 0.354 e. The van der Waals surface area contributed by atoms with E-state index in [4.69, 9.17) is 5.26 Å². The Morgan fingerprint density at radius 3 is 2.69 bits per heavy atom. The third kappa shape index (κ3) is 1.19. The molecule has 0 amide bonds. The van der Waals surface area contributed by atoms with Gasteiger partial charge in [-0.3, -0.25) is 0 Å². The predicted molar refractivity (Wildman–Crippen MR) is 65.3 cm³/mol. The van der Waals surface area contributed by atoms with E-state index in [1.807, 2.05) is 18.2 Å². The Morgan fingerprint density at radius 2 is 1.88 bits per heavy atom. The molecule has 0 aliphatic heterocycles. The molecular weight excluding hydrogens is 196 g/mol. The number of aromatic nitrogens is 1. The van der Waals surface area contributed by atoms with Crippen LogP contribution < -0.4 is 0 Å². The molecule has 2 aromatic carbocycles. The molecule has 0 aliphatic rings. The lowest BCUT2D eigenvalue weighted by Gasteiger charge is -1.93. The zero-order chi connectivity index (χ0) is 11.1. The molecule has 0 aliphatic carbocycles. The highest BCUT2D eigenvalue weighted by Crippen LogP contribution is 2.26. The van der Waals surface area contributed by atoms with Crippen LogP contribution in [0.2, 0.25) is 0 Å². The number of nitrogens with one attached hydrogen (secondary N) is 1. The van der Waals surface area contributed by atoms with Crippen LogP contribution in [0.5, 0.6) is 0 Å². The van der Waals surface area contributed by atoms with Gasteiger partial charge >= 0.3 is 0 Å². The van der Waals surface area contributed by atoms with Gasteiger partial charge in [0.05, 0.1) is 11.6 Å². The number of nitriles is 1. The van der Waals surface area contributed by atoms with E-state index in [1.54, 1.807) is 0 Å². The third-order valence-corrected chi connectivity index (χ3v) is 2.88. The molecule has 0 fully saturated rings. The van der Waals surface area contributed by atoms with Gasteiger partial charge in [-0.25, -0.2) is 0 Å². The van der Waals surface area contributed by atoms with Gasteiger partial charge in [0.2, 0.25) is 0 Å². The molecule has 0 spiro atoms. The van der Waals surface area contributed by atoms with Crippen molar-refractivity contribution in [1.82, 2.24) is 4.98 Å². The number of aryl methyl sites for hydroxylation is 1. The number of hydrogen-bond donors (Lipinski definition) is 1. The zero-order valence-corrected chi connectivity index (χ0v) is 8.91. The van der Waals surface area contributed by atoms with Gasteiger partial charge in [0, 0.05) is 21.8 Å². The average Bonchev–Trinajstić information content (AvgIpc) is 2.66. The standard InChI is InChI=1S/C14H10N2/c1-9-2-5-13-12(6-9)11-4-3-10(8-15)7-14(11)16-13/h2-7,16H,1H3. The van der Waals surface area contributed by atoms with Crippen LogP contribution in [-0.4, -0.2) is 4.98 Å². The van der Waals surface area contributed by atoms with Crippen LogP contribution in [0.15, 0.2) is 36.4 Å². The van der Waals surface area contributed by atoms with Crippen molar-refractivity contribution in [1.29, 1.82) is 5.26 Å². The summed E-state index contributed by atoms with van der Waals surface area (Å²) in [6.45, 7) is 2.09. The molecule has 1 heterocycles. The van der Waals surface area contributed by atoms with Gasteiger partial charge in [0.25, 0.3) is 0 Å². The summed E-state index contributed by atoms with van der Waals surface area (Å²) in [7, 11) is 0. The predicted octanol–water partition coefficient (Wildman–Crippen LogP) is 3.50. The molecule has 2 heteroatoms. The first-order valence-electron chi connectivity index (χ1n) is 5.20. The van der Waals surface area contributed by atoms with Crippen LogP contribution in [0.4, 0.5) is 0 Å². The lowest BCUT2D eigenvalue weighted by molar-refractivity contribution is 1.47. The third-order valence-electron chi connectivity index (χ3n) is 2.88. The van der Waals surface area contributed by atoms with Crippen LogP contribution in [0.25, 0.3) is 21.8 Å². The quantitative estimate of drug-likeness (QED) is 0.600. The minimum absolute atomic E-state index is 0.691. The van der Waals surface area contributed by atoms with Crippen molar-refractivity contribution in [2.45, 2.75) is 6.92 Å². The molecular formula is C14H10N2. The van der Waals surface area contributed by atoms with E-state index in [9.17, 15) is 0 Å². The summed E-state index contributed by atoms with van der Waals surface area (Å²) in [5.74, 6) is 0. The molecule has 1 aromatic heterocycles. The number of H-pyrrole nitrogens is 1. The fourth-order valence-corrected chi connectivity index (χ4v) is 2.09. The average molecular weight is 206 g/mol. The smallest absolute Gasteiger partial charge is 0.0992 e. The second kappa shape index (κ2) is 3.11. The summed E-state index contributed by atoms with van der Waals surface area (Å²) in [5, 5.41) is 11.3. The Kier molecular flexibility index (Phi) is 1.75. The molecule has 0 unspecified atom stereocenters. The van der Waals surface area contributed by atoms with Crippen LogP contribution >= 0.6 is 0 Å². The van der Waals surface area contributed by atoms with Crippen LogP contribution in [0.3, 0.4) is 0 Å². The topological polar surface area (TPSA) is 39.6 Å². The van der Waals surface area contributed by atoms with E-state index in [0.717, 1.165) is 11.0 Å². The van der Waals surface area contributed by atoms with Crippen molar-refractivity contribution in [3.05, 3.63) is 47.5 Å². The second-order valence-electron chi connectivity index (χ2n) is 4.05. The highest BCUT2D eigenvalue weighted by atomic mass is 14.7. The van der Waals surface area contributed by atoms with E-state index in [2.05, 4.69) is 36.2 Å². The molecule has 0 saturated heterocycles. The van der Waals surface area contributed by atoms with E-state index >= 15 is 0 Å². The summed E-state index contributed by atoms with van der Waals surface area (Å²) >= 11 is 0. The highest BCUT2D eigenvalue weighted by molar-refractivity contribution is 6.07. The van der Waals surface area contributed by atoms with Crippen molar-refractivity contribution in [3.63, 3.8) is 0 Å². The highest BCUT2D eigenvalue weighted by Gasteiger charge is 2.04. The second-order valence-corrected chi connectivity index (χ2v) is 4.05. The summed E-state index contributed by atoms with van der Waals surface area (Å²) in [6.07, 6.45) is 0. The summed E-state index contributed by atoms with van der Waals surface area (Å²) in [4.78, 5) is 3.33. The Labute approximate surface area is 93.1 Å². The Morgan fingerprint density at radius 1 is 1.00 bits per heavy atom. The fraction of sp³-hybridized carbons (Fsp3) is 0.0714. The Hall–Kier alpha value is -2.27. The lowest BCUT2D eigenvalue weighted by atomic mass is 10.1. The fourth-order valence-electron chi connectivity index (χ4n) is 2.09. The van der Waals surface area contributed by atoms with E-state index in [-0.39, 0.29) is 0 Å². The molecule has 0 atom stereocenters. The van der Waals surface area contributed by atoms with Crippen LogP contribution in [0, 0.1) is 18.3 Å². The van der Waals surface area contributed by atoms with Crippen molar-refractivity contribution >= 4 is 21.8 Å². The van der Waals surface area contributed by atoms with E-state index in [1.165, 1.54) is 16.3 Å². The molecule has 3 aromatic rings. The minimum atomic E-state index is 0.691. The maximum Gasteiger partial charge on any atom is 0.0992 e. The lowest BCUT2D eigenvalue weighted by Crippen LogP contribution is -1.73. The SMILES string of the molecule is Cc1ccc2[nH]c3cc(C#N)ccc3c2c1. The number of aromatic amines is 1. The first-order chi connectivity index (χ1) is 7.78. The molecule has 1 N–H and O–H groups in total. The molecule has 3 rings (SSSR count). The van der Waals surface area contributed by atoms with Crippen LogP contribution in [0.1, 0.15) is 11.1 Å². The summed E-state index contributed by atoms with van der Waals surface area (Å²) < 4.78 is 0. The van der Waals surface area contributed by atoms with Crippen molar-refractivity contribution in [3.8, 4) is 6.07 Å². The minimum Gasteiger partial charge on any atom is -0.354 e. The molecule has 0 radical (unpaired) electrons. The Bertz CT molecular complexity index is 729. The van der Waals surface area contributed by atoms with Gasteiger partial charge in [0.1, 0.15) is 0 Å². The first kappa shape index (κ1) is 8.99. The van der Waals surface area contributed by atoms with Gasteiger partial charge < -0.3 is 4.98 Å². The molecule has 16 heavy (non-hydrogen) atoms. The monoisotopic (exact) mass is 206 g/mol. The zero-order valence-electron chi connectivity index (χ0n) is 8.91. The van der Waals surface area contributed by atoms with Gasteiger partial charge in [-0.1, -0.05) is 17.7 Å². The van der Waals surface area contributed by atoms with E-state index in [0.29, 0.717) is 5.56 Å². The van der Waals surface area contributed by atoms with Crippen molar-refractivity contribution in [2.24, 2.45) is 0 Å². The molecule has 0 saturated carbocycles.